The first-order valence-corrected chi connectivity index (χ1v) is 10.6. The fourth-order valence-electron chi connectivity index (χ4n) is 5.23. The molecule has 0 spiro atoms. The number of hydrogen-bond donors (Lipinski definition) is 0. The molecule has 2 atom stereocenters. The second-order valence-electron chi connectivity index (χ2n) is 9.29. The topological polar surface area (TPSA) is 52.0 Å². The molecule has 1 aromatic carbocycles. The van der Waals surface area contributed by atoms with Crippen LogP contribution in [-0.2, 0) is 11.8 Å². The Hall–Kier alpha value is -2.52. The van der Waals surface area contributed by atoms with E-state index >= 15 is 4.39 Å². The van der Waals surface area contributed by atoms with Gasteiger partial charge in [0.1, 0.15) is 17.5 Å². The van der Waals surface area contributed by atoms with E-state index in [4.69, 9.17) is 0 Å². The Morgan fingerprint density at radius 3 is 2.32 bits per heavy atom. The highest BCUT2D eigenvalue weighted by Gasteiger charge is 2.49. The number of likely N-dealkylation sites (tertiary alicyclic amines) is 1. The molecule has 2 fully saturated rings. The second kappa shape index (κ2) is 6.74. The third-order valence-corrected chi connectivity index (χ3v) is 7.25. The van der Waals surface area contributed by atoms with Crippen molar-refractivity contribution in [3.63, 3.8) is 0 Å². The van der Waals surface area contributed by atoms with Crippen LogP contribution < -0.4 is 15.4 Å². The number of benzene rings is 1. The highest BCUT2D eigenvalue weighted by atomic mass is 19.1. The molecule has 1 aromatic heterocycles. The van der Waals surface area contributed by atoms with Crippen LogP contribution in [0, 0.1) is 18.6 Å². The number of hydrogen-bond acceptors (Lipinski definition) is 5. The molecule has 1 amide bonds. The minimum Gasteiger partial charge on any atom is -0.354 e. The number of piperazine rings is 1. The lowest BCUT2D eigenvalue weighted by atomic mass is 9.95. The first-order valence-electron chi connectivity index (χ1n) is 10.6. The maximum Gasteiger partial charge on any atom is 0.277 e. The van der Waals surface area contributed by atoms with Gasteiger partial charge in [0.25, 0.3) is 11.5 Å². The van der Waals surface area contributed by atoms with Crippen LogP contribution in [0.25, 0.3) is 10.9 Å². The van der Waals surface area contributed by atoms with E-state index in [1.165, 1.54) is 24.6 Å². The molecule has 0 radical (unpaired) electrons. The normalized spacial score (nSPS) is 25.1. The number of fused-ring (bicyclic) bond motifs is 5. The number of aromatic nitrogens is 1. The van der Waals surface area contributed by atoms with Gasteiger partial charge in [-0.05, 0) is 34.0 Å². The average Bonchev–Trinajstić information content (AvgIpc) is 2.69. The number of nitrogens with zero attached hydrogens (tertiary/aromatic N) is 5. The van der Waals surface area contributed by atoms with Crippen molar-refractivity contribution in [1.29, 1.82) is 0 Å². The lowest BCUT2D eigenvalue weighted by molar-refractivity contribution is -0.122. The predicted molar refractivity (Wildman–Crippen MR) is 116 cm³/mol. The summed E-state index contributed by atoms with van der Waals surface area (Å²) in [4.78, 5) is 34.9. The van der Waals surface area contributed by atoms with Crippen LogP contribution >= 0.6 is 0 Å². The first-order chi connectivity index (χ1) is 14.6. The van der Waals surface area contributed by atoms with Crippen LogP contribution in [0.3, 0.4) is 0 Å². The molecule has 7 nitrogen and oxygen atoms in total. The van der Waals surface area contributed by atoms with E-state index in [1.807, 2.05) is 25.9 Å². The van der Waals surface area contributed by atoms with Crippen molar-refractivity contribution in [3.8, 4) is 0 Å². The Kier molecular flexibility index (Phi) is 4.43. The summed E-state index contributed by atoms with van der Waals surface area (Å²) in [5.74, 6) is -1.51. The lowest BCUT2D eigenvalue weighted by Gasteiger charge is -2.53. The van der Waals surface area contributed by atoms with Crippen molar-refractivity contribution in [1.82, 2.24) is 14.4 Å². The van der Waals surface area contributed by atoms with Crippen molar-refractivity contribution >= 4 is 28.2 Å². The summed E-state index contributed by atoms with van der Waals surface area (Å²) < 4.78 is 31.1. The highest BCUT2D eigenvalue weighted by molar-refractivity contribution is 6.12. The van der Waals surface area contributed by atoms with Gasteiger partial charge in [0.2, 0.25) is 0 Å². The molecule has 5 rings (SSSR count). The van der Waals surface area contributed by atoms with E-state index in [0.29, 0.717) is 37.3 Å². The second-order valence-corrected chi connectivity index (χ2v) is 9.29. The Morgan fingerprint density at radius 1 is 1.00 bits per heavy atom. The molecule has 3 aliphatic rings. The Bertz CT molecular complexity index is 1170. The van der Waals surface area contributed by atoms with E-state index in [1.54, 1.807) is 4.90 Å². The van der Waals surface area contributed by atoms with Crippen LogP contribution in [0.15, 0.2) is 10.9 Å². The molecule has 31 heavy (non-hydrogen) atoms. The summed E-state index contributed by atoms with van der Waals surface area (Å²) in [6.07, 6.45) is 0. The maximum absolute atomic E-state index is 15.2. The zero-order chi connectivity index (χ0) is 22.4. The van der Waals surface area contributed by atoms with Crippen molar-refractivity contribution in [2.75, 3.05) is 50.1 Å². The summed E-state index contributed by atoms with van der Waals surface area (Å²) >= 11 is 0. The molecule has 3 aliphatic heterocycles. The number of halogens is 2. The van der Waals surface area contributed by atoms with Crippen molar-refractivity contribution in [3.05, 3.63) is 33.6 Å². The van der Waals surface area contributed by atoms with Crippen LogP contribution in [0.2, 0.25) is 0 Å². The van der Waals surface area contributed by atoms with Gasteiger partial charge in [-0.15, -0.1) is 0 Å². The van der Waals surface area contributed by atoms with E-state index in [9.17, 15) is 14.0 Å². The predicted octanol–water partition coefficient (Wildman–Crippen LogP) is 1.29. The van der Waals surface area contributed by atoms with Gasteiger partial charge in [0.15, 0.2) is 5.82 Å². The average molecular weight is 431 g/mol. The fraction of sp³-hybridized carbons (Fsp3) is 0.545. The van der Waals surface area contributed by atoms with E-state index in [-0.39, 0.29) is 34.8 Å². The lowest BCUT2D eigenvalue weighted by Crippen LogP contribution is -2.70. The molecule has 0 bridgehead atoms. The Morgan fingerprint density at radius 2 is 1.68 bits per heavy atom. The summed E-state index contributed by atoms with van der Waals surface area (Å²) in [6.45, 7) is 5.71. The summed E-state index contributed by atoms with van der Waals surface area (Å²) in [5.41, 5.74) is 0.257. The first kappa shape index (κ1) is 20.4. The number of carbonyl (C=O) groups excluding carboxylic acids is 1. The van der Waals surface area contributed by atoms with E-state index in [0.717, 1.165) is 0 Å². The van der Waals surface area contributed by atoms with Gasteiger partial charge in [0.05, 0.1) is 17.2 Å². The number of carbonyl (C=O) groups is 1. The summed E-state index contributed by atoms with van der Waals surface area (Å²) in [6, 6.07) is 0.806. The molecule has 2 aromatic rings. The zero-order valence-electron chi connectivity index (χ0n) is 18.4. The van der Waals surface area contributed by atoms with Gasteiger partial charge in [0, 0.05) is 50.2 Å². The molecular weight excluding hydrogens is 404 g/mol. The number of aryl methyl sites for hydroxylation is 1. The Balaban J connectivity index is 1.86. The number of pyridine rings is 1. The minimum atomic E-state index is -0.733. The van der Waals surface area contributed by atoms with Gasteiger partial charge < -0.3 is 14.4 Å². The maximum atomic E-state index is 15.2. The van der Waals surface area contributed by atoms with Gasteiger partial charge in [-0.1, -0.05) is 0 Å². The Labute approximate surface area is 179 Å². The number of anilines is 2. The summed E-state index contributed by atoms with van der Waals surface area (Å²) in [5, 5.41) is 0.338. The molecule has 9 heteroatoms. The molecule has 0 N–H and O–H groups in total. The number of rotatable bonds is 1. The minimum absolute atomic E-state index is 0.0769. The third-order valence-electron chi connectivity index (χ3n) is 7.25. The quantitative estimate of drug-likeness (QED) is 0.681. The molecule has 2 saturated heterocycles. The van der Waals surface area contributed by atoms with Crippen LogP contribution in [0.5, 0.6) is 0 Å². The van der Waals surface area contributed by atoms with Gasteiger partial charge in [-0.2, -0.15) is 0 Å². The van der Waals surface area contributed by atoms with Crippen LogP contribution in [0.1, 0.15) is 12.5 Å². The zero-order valence-corrected chi connectivity index (χ0v) is 18.4. The van der Waals surface area contributed by atoms with E-state index < -0.39 is 23.2 Å². The molecule has 0 aliphatic carbocycles. The largest absolute Gasteiger partial charge is 0.354 e. The number of likely N-dealkylation sites (N-methyl/N-ethyl adjacent to an activating group) is 2. The molecule has 166 valence electrons. The van der Waals surface area contributed by atoms with Gasteiger partial charge in [-0.3, -0.25) is 19.4 Å². The van der Waals surface area contributed by atoms with Crippen LogP contribution in [0.4, 0.5) is 20.2 Å². The van der Waals surface area contributed by atoms with E-state index in [2.05, 4.69) is 9.80 Å². The van der Waals surface area contributed by atoms with Crippen molar-refractivity contribution in [2.24, 2.45) is 7.05 Å². The van der Waals surface area contributed by atoms with Gasteiger partial charge >= 0.3 is 0 Å². The van der Waals surface area contributed by atoms with Crippen LogP contribution in [-0.4, -0.2) is 78.7 Å². The molecular formula is C22H27F2N5O2. The van der Waals surface area contributed by atoms with Crippen molar-refractivity contribution < 1.29 is 13.6 Å². The smallest absolute Gasteiger partial charge is 0.277 e. The highest BCUT2D eigenvalue weighted by Crippen LogP contribution is 2.43. The molecule has 2 unspecified atom stereocenters. The SMILES string of the molecule is Cc1c(F)cc2c3c(c(=O)n(C)c2c1F)N(C1CN(C)C1)C(=O)C1CN(C)C(C)CN31. The standard InChI is InChI=1S/C22H27F2N5O2/c1-11-7-28-16(10-26(11)4)21(30)29(13-8-25(3)9-13)20-19(28)14-6-15(23)12(2)17(24)18(14)27(5)22(20)31/h6,11,13,16H,7-10H2,1-5H3. The summed E-state index contributed by atoms with van der Waals surface area (Å²) in [7, 11) is 5.41. The molecule has 4 heterocycles. The number of amides is 1. The van der Waals surface area contributed by atoms with Crippen molar-refractivity contribution in [2.45, 2.75) is 32.0 Å². The molecule has 0 saturated carbocycles. The fourth-order valence-corrected chi connectivity index (χ4v) is 5.23. The van der Waals surface area contributed by atoms with Gasteiger partial charge in [-0.25, -0.2) is 8.78 Å². The monoisotopic (exact) mass is 431 g/mol. The third kappa shape index (κ3) is 2.69.